The summed E-state index contributed by atoms with van der Waals surface area (Å²) in [6, 6.07) is 14.0. The van der Waals surface area contributed by atoms with Crippen molar-refractivity contribution in [1.29, 1.82) is 5.26 Å². The van der Waals surface area contributed by atoms with Crippen molar-refractivity contribution in [1.82, 2.24) is 14.8 Å². The van der Waals surface area contributed by atoms with Gasteiger partial charge in [0.15, 0.2) is 0 Å². The molecule has 0 bridgehead atoms. The Morgan fingerprint density at radius 3 is 2.45 bits per heavy atom. The third kappa shape index (κ3) is 6.13. The van der Waals surface area contributed by atoms with Gasteiger partial charge >= 0.3 is 0 Å². The first-order valence-corrected chi connectivity index (χ1v) is 11.7. The van der Waals surface area contributed by atoms with E-state index in [1.807, 2.05) is 50.2 Å². The summed E-state index contributed by atoms with van der Waals surface area (Å²) in [4.78, 5) is 27.3. The van der Waals surface area contributed by atoms with Gasteiger partial charge in [0.1, 0.15) is 11.6 Å². The number of carbonyl (C=O) groups excluding carboxylic acids is 2. The van der Waals surface area contributed by atoms with Crippen LogP contribution >= 0.6 is 0 Å². The molecule has 0 unspecified atom stereocenters. The number of piperidine rings is 1. The predicted octanol–water partition coefficient (Wildman–Crippen LogP) is 4.22. The Hall–Kier alpha value is -3.33. The number of benzene rings is 1. The van der Waals surface area contributed by atoms with Gasteiger partial charge < -0.3 is 14.8 Å². The maximum absolute atomic E-state index is 13.0. The number of aromatic nitrogens is 1. The molecule has 0 spiro atoms. The average molecular weight is 447 g/mol. The summed E-state index contributed by atoms with van der Waals surface area (Å²) in [5.41, 5.74) is 4.31. The summed E-state index contributed by atoms with van der Waals surface area (Å²) in [6.45, 7) is 10.8. The van der Waals surface area contributed by atoms with E-state index in [-0.39, 0.29) is 23.3 Å². The van der Waals surface area contributed by atoms with Gasteiger partial charge in [0, 0.05) is 43.5 Å². The van der Waals surface area contributed by atoms with Gasteiger partial charge in [-0.3, -0.25) is 9.59 Å². The van der Waals surface area contributed by atoms with Gasteiger partial charge in [0.2, 0.25) is 5.91 Å². The number of aryl methyl sites for hydroxylation is 1. The normalized spacial score (nSPS) is 14.9. The van der Waals surface area contributed by atoms with E-state index < -0.39 is 0 Å². The Morgan fingerprint density at radius 2 is 1.85 bits per heavy atom. The number of hydrogen-bond acceptors (Lipinski definition) is 3. The molecule has 6 nitrogen and oxygen atoms in total. The maximum atomic E-state index is 13.0. The summed E-state index contributed by atoms with van der Waals surface area (Å²) < 4.78 is 2.23. The van der Waals surface area contributed by atoms with E-state index >= 15 is 0 Å². The Labute approximate surface area is 196 Å². The van der Waals surface area contributed by atoms with Crippen LogP contribution in [0.1, 0.15) is 49.2 Å². The molecular weight excluding hydrogens is 412 g/mol. The number of rotatable bonds is 7. The Balaban J connectivity index is 1.60. The van der Waals surface area contributed by atoms with Crippen molar-refractivity contribution in [3.05, 3.63) is 64.5 Å². The van der Waals surface area contributed by atoms with Crippen LogP contribution in [0.5, 0.6) is 0 Å². The molecule has 1 aliphatic rings. The van der Waals surface area contributed by atoms with Gasteiger partial charge in [-0.2, -0.15) is 5.26 Å². The molecule has 0 saturated carbocycles. The molecular formula is C27H34N4O2. The van der Waals surface area contributed by atoms with Crippen molar-refractivity contribution < 1.29 is 9.59 Å². The smallest absolute Gasteiger partial charge is 0.264 e. The summed E-state index contributed by atoms with van der Waals surface area (Å²) in [7, 11) is 0. The Bertz CT molecular complexity index is 1050. The second-order valence-electron chi connectivity index (χ2n) is 9.27. The lowest BCUT2D eigenvalue weighted by Crippen LogP contribution is -2.43. The lowest BCUT2D eigenvalue weighted by atomic mass is 9.95. The van der Waals surface area contributed by atoms with Gasteiger partial charge in [-0.15, -0.1) is 0 Å². The van der Waals surface area contributed by atoms with E-state index in [0.29, 0.717) is 38.4 Å². The van der Waals surface area contributed by atoms with Crippen molar-refractivity contribution in [2.75, 3.05) is 13.1 Å². The van der Waals surface area contributed by atoms with E-state index in [1.54, 1.807) is 11.0 Å². The molecule has 6 heteroatoms. The van der Waals surface area contributed by atoms with Gasteiger partial charge in [0.25, 0.3) is 5.91 Å². The standard InChI is InChI=1S/C27H34N4O2/c1-19(2)18-31-20(3)14-24(21(31)4)15-25(16-28)27(33)30-12-10-23(11-13-30)26(32)29-17-22-8-6-5-7-9-22/h5-9,14-15,19,23H,10-13,17-18H2,1-4H3,(H,29,32)/b25-15-. The molecule has 1 aromatic heterocycles. The van der Waals surface area contributed by atoms with E-state index in [2.05, 4.69) is 29.8 Å². The first-order chi connectivity index (χ1) is 15.8. The van der Waals surface area contributed by atoms with Gasteiger partial charge in [-0.1, -0.05) is 44.2 Å². The summed E-state index contributed by atoms with van der Waals surface area (Å²) in [6.07, 6.45) is 2.92. The fourth-order valence-corrected chi connectivity index (χ4v) is 4.36. The van der Waals surface area contributed by atoms with E-state index in [4.69, 9.17) is 0 Å². The van der Waals surface area contributed by atoms with Gasteiger partial charge in [-0.05, 0) is 55.9 Å². The van der Waals surface area contributed by atoms with Crippen LogP contribution in [0, 0.1) is 37.0 Å². The zero-order chi connectivity index (χ0) is 24.0. The average Bonchev–Trinajstić information content (AvgIpc) is 3.08. The fourth-order valence-electron chi connectivity index (χ4n) is 4.36. The Morgan fingerprint density at radius 1 is 1.18 bits per heavy atom. The largest absolute Gasteiger partial charge is 0.352 e. The number of amides is 2. The summed E-state index contributed by atoms with van der Waals surface area (Å²) >= 11 is 0. The van der Waals surface area contributed by atoms with Crippen LogP contribution in [0.25, 0.3) is 6.08 Å². The van der Waals surface area contributed by atoms with E-state index in [1.165, 1.54) is 0 Å². The van der Waals surface area contributed by atoms with Crippen LogP contribution in [0.2, 0.25) is 0 Å². The molecule has 0 aliphatic carbocycles. The van der Waals surface area contributed by atoms with Crippen LogP contribution in [-0.4, -0.2) is 34.4 Å². The first kappa shape index (κ1) is 24.3. The highest BCUT2D eigenvalue weighted by Crippen LogP contribution is 2.23. The minimum absolute atomic E-state index is 0.0274. The van der Waals surface area contributed by atoms with Crippen LogP contribution < -0.4 is 5.32 Å². The van der Waals surface area contributed by atoms with Crippen LogP contribution in [-0.2, 0) is 22.7 Å². The van der Waals surface area contributed by atoms with Crippen LogP contribution in [0.15, 0.2) is 42.0 Å². The Kier molecular flexibility index (Phi) is 8.11. The highest BCUT2D eigenvalue weighted by Gasteiger charge is 2.28. The highest BCUT2D eigenvalue weighted by molar-refractivity contribution is 6.02. The maximum Gasteiger partial charge on any atom is 0.264 e. The first-order valence-electron chi connectivity index (χ1n) is 11.7. The lowest BCUT2D eigenvalue weighted by Gasteiger charge is -2.31. The number of nitriles is 1. The number of carbonyl (C=O) groups is 2. The molecule has 1 aromatic carbocycles. The van der Waals surface area contributed by atoms with Crippen molar-refractivity contribution in [2.24, 2.45) is 11.8 Å². The summed E-state index contributed by atoms with van der Waals surface area (Å²) in [5, 5.41) is 12.7. The molecule has 1 aliphatic heterocycles. The zero-order valence-corrected chi connectivity index (χ0v) is 20.1. The van der Waals surface area contributed by atoms with Crippen molar-refractivity contribution in [3.8, 4) is 6.07 Å². The fraction of sp³-hybridized carbons (Fsp3) is 0.444. The van der Waals surface area contributed by atoms with Gasteiger partial charge in [-0.25, -0.2) is 0 Å². The van der Waals surface area contributed by atoms with Crippen LogP contribution in [0.4, 0.5) is 0 Å². The quantitative estimate of drug-likeness (QED) is 0.511. The van der Waals surface area contributed by atoms with Crippen molar-refractivity contribution >= 4 is 17.9 Å². The zero-order valence-electron chi connectivity index (χ0n) is 20.1. The lowest BCUT2D eigenvalue weighted by molar-refractivity contribution is -0.132. The minimum atomic E-state index is -0.255. The number of hydrogen-bond donors (Lipinski definition) is 1. The predicted molar refractivity (Wildman–Crippen MR) is 130 cm³/mol. The topological polar surface area (TPSA) is 78.1 Å². The van der Waals surface area contributed by atoms with Crippen molar-refractivity contribution in [3.63, 3.8) is 0 Å². The molecule has 174 valence electrons. The molecule has 2 amide bonds. The molecule has 0 radical (unpaired) electrons. The third-order valence-corrected chi connectivity index (χ3v) is 6.27. The molecule has 2 aromatic rings. The molecule has 3 rings (SSSR count). The summed E-state index contributed by atoms with van der Waals surface area (Å²) in [5.74, 6) is 0.172. The van der Waals surface area contributed by atoms with Gasteiger partial charge in [0.05, 0.1) is 0 Å². The van der Waals surface area contributed by atoms with Crippen LogP contribution in [0.3, 0.4) is 0 Å². The molecule has 33 heavy (non-hydrogen) atoms. The third-order valence-electron chi connectivity index (χ3n) is 6.27. The second kappa shape index (κ2) is 11.0. The minimum Gasteiger partial charge on any atom is -0.352 e. The number of likely N-dealkylation sites (tertiary alicyclic amines) is 1. The molecule has 2 heterocycles. The molecule has 1 saturated heterocycles. The van der Waals surface area contributed by atoms with Crippen molar-refractivity contribution in [2.45, 2.75) is 53.6 Å². The highest BCUT2D eigenvalue weighted by atomic mass is 16.2. The number of nitrogens with zero attached hydrogens (tertiary/aromatic N) is 3. The molecule has 1 fully saturated rings. The van der Waals surface area contributed by atoms with E-state index in [0.717, 1.165) is 29.1 Å². The molecule has 1 N–H and O–H groups in total. The second-order valence-corrected chi connectivity index (χ2v) is 9.27. The SMILES string of the molecule is Cc1cc(/C=C(/C#N)C(=O)N2CCC(C(=O)NCc3ccccc3)CC2)c(C)n1CC(C)C. The molecule has 0 atom stereocenters. The monoisotopic (exact) mass is 446 g/mol. The van der Waals surface area contributed by atoms with E-state index in [9.17, 15) is 14.9 Å². The number of nitrogens with one attached hydrogen (secondary N) is 1.